The van der Waals surface area contributed by atoms with Crippen LogP contribution in [0.2, 0.25) is 0 Å². The van der Waals surface area contributed by atoms with Crippen molar-refractivity contribution in [1.29, 1.82) is 0 Å². The Hall–Kier alpha value is -4.77. The standard InChI is InChI=1S/C43H42FN3O/c1-26(2)35-24-45-25-36(27(3)4)40(35)47-38-14-7-6-13-37(38)46-42(47)32-12-10-11-31-34-21-28(5)33(22-39(34)48-41(31)32)30-17-15-29(16-18-30)23-43(44)19-8-9-20-43/h6-7,10-18,21-22,24-27H,8-9,19-20,23H2,1-5H3/i5D3,23D2,26D,27D. The highest BCUT2D eigenvalue weighted by molar-refractivity contribution is 6.10. The molecule has 1 saturated carbocycles. The largest absolute Gasteiger partial charge is 0.455 e. The smallest absolute Gasteiger partial charge is 0.149 e. The number of alkyl halides is 1. The molecule has 4 nitrogen and oxygen atoms in total. The number of hydrogen-bond acceptors (Lipinski definition) is 3. The molecule has 0 saturated heterocycles. The van der Waals surface area contributed by atoms with Gasteiger partial charge in [0.1, 0.15) is 22.7 Å². The molecule has 0 atom stereocenters. The van der Waals surface area contributed by atoms with Gasteiger partial charge >= 0.3 is 0 Å². The Morgan fingerprint density at radius 1 is 0.896 bits per heavy atom. The Morgan fingerprint density at radius 3 is 2.33 bits per heavy atom. The fourth-order valence-electron chi connectivity index (χ4n) is 7.17. The molecule has 1 aliphatic carbocycles. The molecule has 7 aromatic rings. The first-order chi connectivity index (χ1) is 25.8. The minimum absolute atomic E-state index is 0.107. The van der Waals surface area contributed by atoms with Crippen LogP contribution < -0.4 is 0 Å². The van der Waals surface area contributed by atoms with Crippen LogP contribution in [0.4, 0.5) is 4.39 Å². The van der Waals surface area contributed by atoms with Gasteiger partial charge in [0.25, 0.3) is 0 Å². The Balaban J connectivity index is 1.35. The predicted octanol–water partition coefficient (Wildman–Crippen LogP) is 12.0. The fourth-order valence-corrected chi connectivity index (χ4v) is 7.17. The van der Waals surface area contributed by atoms with E-state index >= 15 is 4.39 Å². The molecule has 1 aliphatic rings. The minimum Gasteiger partial charge on any atom is -0.455 e. The van der Waals surface area contributed by atoms with Crippen molar-refractivity contribution < 1.29 is 18.4 Å². The van der Waals surface area contributed by atoms with E-state index in [1.54, 1.807) is 76.5 Å². The normalized spacial score (nSPS) is 17.9. The molecule has 48 heavy (non-hydrogen) atoms. The second-order valence-electron chi connectivity index (χ2n) is 13.4. The van der Waals surface area contributed by atoms with E-state index in [1.165, 1.54) is 0 Å². The Kier molecular flexibility index (Phi) is 5.75. The molecule has 242 valence electrons. The third-order valence-corrected chi connectivity index (χ3v) is 9.62. The maximum atomic E-state index is 15.7. The number of imidazole rings is 1. The van der Waals surface area contributed by atoms with Crippen LogP contribution in [0.25, 0.3) is 61.2 Å². The van der Waals surface area contributed by atoms with Crippen molar-refractivity contribution in [3.63, 3.8) is 0 Å². The Morgan fingerprint density at radius 2 is 1.62 bits per heavy atom. The highest BCUT2D eigenvalue weighted by Gasteiger charge is 2.33. The zero-order valence-electron chi connectivity index (χ0n) is 34.6. The number of hydrogen-bond donors (Lipinski definition) is 0. The van der Waals surface area contributed by atoms with Crippen LogP contribution in [0, 0.1) is 6.85 Å². The molecule has 0 N–H and O–H groups in total. The predicted molar refractivity (Wildman–Crippen MR) is 196 cm³/mol. The zero-order valence-corrected chi connectivity index (χ0v) is 27.6. The second-order valence-corrected chi connectivity index (χ2v) is 13.4. The summed E-state index contributed by atoms with van der Waals surface area (Å²) < 4.78 is 85.5. The van der Waals surface area contributed by atoms with Gasteiger partial charge in [0.2, 0.25) is 0 Å². The summed E-state index contributed by atoms with van der Waals surface area (Å²) in [5.41, 5.74) is 4.30. The third kappa shape index (κ3) is 5.11. The monoisotopic (exact) mass is 642 g/mol. The molecule has 8 rings (SSSR count). The summed E-state index contributed by atoms with van der Waals surface area (Å²) >= 11 is 0. The first-order valence-electron chi connectivity index (χ1n) is 20.1. The molecule has 3 heterocycles. The number of aryl methyl sites for hydroxylation is 1. The third-order valence-electron chi connectivity index (χ3n) is 9.62. The lowest BCUT2D eigenvalue weighted by atomic mass is 9.92. The number of fused-ring (bicyclic) bond motifs is 4. The van der Waals surface area contributed by atoms with Crippen molar-refractivity contribution in [3.8, 4) is 28.2 Å². The van der Waals surface area contributed by atoms with Gasteiger partial charge in [-0.05, 0) is 95.2 Å². The van der Waals surface area contributed by atoms with E-state index in [4.69, 9.17) is 19.0 Å². The van der Waals surface area contributed by atoms with Gasteiger partial charge in [-0.3, -0.25) is 9.55 Å². The summed E-state index contributed by atoms with van der Waals surface area (Å²) in [7, 11) is 0. The van der Waals surface area contributed by atoms with E-state index in [0.29, 0.717) is 79.6 Å². The van der Waals surface area contributed by atoms with E-state index in [-0.39, 0.29) is 24.0 Å². The molecular weight excluding hydrogens is 593 g/mol. The summed E-state index contributed by atoms with van der Waals surface area (Å²) in [5, 5.41) is 1.29. The molecule has 0 unspecified atom stereocenters. The number of rotatable bonds is 7. The van der Waals surface area contributed by atoms with Gasteiger partial charge < -0.3 is 4.42 Å². The van der Waals surface area contributed by atoms with Crippen molar-refractivity contribution in [2.75, 3.05) is 0 Å². The molecule has 5 heteroatoms. The molecule has 3 aromatic heterocycles. The lowest BCUT2D eigenvalue weighted by Gasteiger charge is -2.22. The number of halogens is 1. The number of benzene rings is 4. The maximum Gasteiger partial charge on any atom is 0.149 e. The molecule has 0 spiro atoms. The molecule has 0 radical (unpaired) electrons. The fraction of sp³-hybridized carbons (Fsp3) is 0.302. The van der Waals surface area contributed by atoms with Crippen LogP contribution in [-0.2, 0) is 6.37 Å². The number of furan rings is 1. The lowest BCUT2D eigenvalue weighted by Crippen LogP contribution is -2.20. The summed E-state index contributed by atoms with van der Waals surface area (Å²) in [6.45, 7) is 4.68. The maximum absolute atomic E-state index is 15.7. The Bertz CT molecular complexity index is 2570. The Labute approximate surface area is 291 Å². The van der Waals surface area contributed by atoms with Gasteiger partial charge in [-0.1, -0.05) is 89.1 Å². The molecule has 1 fully saturated rings. The van der Waals surface area contributed by atoms with Crippen molar-refractivity contribution in [3.05, 3.63) is 114 Å². The molecular formula is C43H42FN3O. The quantitative estimate of drug-likeness (QED) is 0.174. The summed E-state index contributed by atoms with van der Waals surface area (Å²) in [6.07, 6.45) is 2.80. The van der Waals surface area contributed by atoms with Gasteiger partial charge in [0.15, 0.2) is 0 Å². The van der Waals surface area contributed by atoms with Crippen LogP contribution in [-0.4, -0.2) is 20.2 Å². The van der Waals surface area contributed by atoms with Crippen molar-refractivity contribution in [1.82, 2.24) is 14.5 Å². The van der Waals surface area contributed by atoms with Crippen LogP contribution in [0.1, 0.15) is 97.0 Å². The van der Waals surface area contributed by atoms with Gasteiger partial charge in [0.05, 0.1) is 22.3 Å². The van der Waals surface area contributed by atoms with Crippen molar-refractivity contribution in [2.45, 2.75) is 84.1 Å². The summed E-state index contributed by atoms with van der Waals surface area (Å²) in [5.74, 6) is -1.63. The average Bonchev–Trinajstić information content (AvgIpc) is 3.85. The number of aromatic nitrogens is 3. The van der Waals surface area contributed by atoms with Gasteiger partial charge in [0, 0.05) is 39.1 Å². The van der Waals surface area contributed by atoms with Gasteiger partial charge in [-0.15, -0.1) is 0 Å². The number of para-hydroxylation sites is 3. The highest BCUT2D eigenvalue weighted by Crippen LogP contribution is 2.42. The molecule has 4 aromatic carbocycles. The van der Waals surface area contributed by atoms with E-state index < -0.39 is 30.7 Å². The molecule has 0 bridgehead atoms. The van der Waals surface area contributed by atoms with Crippen LogP contribution in [0.3, 0.4) is 0 Å². The van der Waals surface area contributed by atoms with E-state index in [1.807, 2.05) is 47.0 Å². The minimum atomic E-state index is -2.50. The average molecular weight is 643 g/mol. The first-order valence-corrected chi connectivity index (χ1v) is 16.6. The summed E-state index contributed by atoms with van der Waals surface area (Å²) in [4.78, 5) is 9.60. The summed E-state index contributed by atoms with van der Waals surface area (Å²) in [6, 6.07) is 23.2. The number of pyridine rings is 1. The molecule has 0 aliphatic heterocycles. The highest BCUT2D eigenvalue weighted by atomic mass is 19.1. The van der Waals surface area contributed by atoms with Crippen LogP contribution in [0.15, 0.2) is 95.7 Å². The number of nitrogens with zero attached hydrogens (tertiary/aromatic N) is 3. The molecule has 0 amide bonds. The zero-order chi connectivity index (χ0) is 39.3. The van der Waals surface area contributed by atoms with E-state index in [2.05, 4.69) is 4.98 Å². The van der Waals surface area contributed by atoms with Gasteiger partial charge in [-0.2, -0.15) is 0 Å². The van der Waals surface area contributed by atoms with E-state index in [0.717, 1.165) is 5.52 Å². The van der Waals surface area contributed by atoms with Crippen LogP contribution >= 0.6 is 0 Å². The van der Waals surface area contributed by atoms with Gasteiger partial charge in [-0.25, -0.2) is 9.37 Å². The lowest BCUT2D eigenvalue weighted by molar-refractivity contribution is 0.173. The van der Waals surface area contributed by atoms with E-state index in [9.17, 15) is 0 Å². The second kappa shape index (κ2) is 11.7. The van der Waals surface area contributed by atoms with Crippen molar-refractivity contribution in [2.24, 2.45) is 0 Å². The van der Waals surface area contributed by atoms with Crippen molar-refractivity contribution >= 4 is 33.0 Å². The topological polar surface area (TPSA) is 43.9 Å². The first kappa shape index (κ1) is 23.5. The van der Waals surface area contributed by atoms with Crippen LogP contribution in [0.5, 0.6) is 0 Å². The SMILES string of the molecule is [2H]C([2H])([2H])c1cc2c(cc1-c1ccc(C([2H])([2H])C3(F)CCCC3)cc1)oc1c(-c3nc4ccccc4n3-c3c(C([2H])(C)C)cncc3C([2H])(C)C)cccc12.